The fraction of sp³-hybridized carbons (Fsp3) is 0.300. The first-order chi connectivity index (χ1) is 14.4. The number of halogens is 2. The molecular formula is C20H20Cl2N4O3S. The molecule has 2 atom stereocenters. The predicted molar refractivity (Wildman–Crippen MR) is 119 cm³/mol. The predicted octanol–water partition coefficient (Wildman–Crippen LogP) is 3.97. The van der Waals surface area contributed by atoms with E-state index in [4.69, 9.17) is 27.9 Å². The van der Waals surface area contributed by atoms with Crippen molar-refractivity contribution in [2.75, 3.05) is 19.5 Å². The van der Waals surface area contributed by atoms with Crippen LogP contribution in [0.5, 0.6) is 0 Å². The lowest BCUT2D eigenvalue weighted by Crippen LogP contribution is -2.41. The standard InChI is InChI=1S/C20H20Cl2N4O3S/c1-23-20-24-8-7-14(26-20)16-5-6-17(30-16)18(27)25-15(19(28)29-2)9-11-3-4-12(21)10-13(11)22/h3-8,12,15H,9-10H2,1-2H3,(H,25,27)(H,23,24,26)/t12?,15-/m0/s1. The smallest absolute Gasteiger partial charge is 0.328 e. The van der Waals surface area contributed by atoms with Gasteiger partial charge in [0.15, 0.2) is 0 Å². The van der Waals surface area contributed by atoms with Gasteiger partial charge in [-0.1, -0.05) is 23.8 Å². The number of hydrogen-bond acceptors (Lipinski definition) is 7. The lowest BCUT2D eigenvalue weighted by atomic mass is 9.99. The van der Waals surface area contributed by atoms with E-state index in [1.807, 2.05) is 6.08 Å². The zero-order chi connectivity index (χ0) is 21.7. The second-order valence-corrected chi connectivity index (χ2v) is 8.54. The zero-order valence-electron chi connectivity index (χ0n) is 16.3. The summed E-state index contributed by atoms with van der Waals surface area (Å²) in [5, 5.41) is 6.02. The van der Waals surface area contributed by atoms with Crippen LogP contribution in [0.3, 0.4) is 0 Å². The fourth-order valence-electron chi connectivity index (χ4n) is 2.86. The molecule has 0 radical (unpaired) electrons. The number of rotatable bonds is 7. The molecule has 1 amide bonds. The maximum absolute atomic E-state index is 12.8. The Balaban J connectivity index is 1.75. The molecule has 30 heavy (non-hydrogen) atoms. The molecule has 2 aromatic rings. The molecule has 1 unspecified atom stereocenters. The first-order valence-electron chi connectivity index (χ1n) is 9.10. The Hall–Kier alpha value is -2.42. The summed E-state index contributed by atoms with van der Waals surface area (Å²) in [7, 11) is 3.01. The number of nitrogens with one attached hydrogen (secondary N) is 2. The number of methoxy groups -OCH3 is 1. The number of carbonyl (C=O) groups excluding carboxylic acids is 2. The molecular weight excluding hydrogens is 447 g/mol. The molecule has 2 heterocycles. The lowest BCUT2D eigenvalue weighted by Gasteiger charge is -2.20. The molecule has 1 aliphatic rings. The van der Waals surface area contributed by atoms with Crippen LogP contribution in [0.2, 0.25) is 0 Å². The number of allylic oxidation sites excluding steroid dienone is 3. The van der Waals surface area contributed by atoms with Crippen LogP contribution in [0.25, 0.3) is 10.6 Å². The summed E-state index contributed by atoms with van der Waals surface area (Å²) in [5.41, 5.74) is 1.44. The molecule has 2 aromatic heterocycles. The zero-order valence-corrected chi connectivity index (χ0v) is 18.6. The summed E-state index contributed by atoms with van der Waals surface area (Å²) >= 11 is 13.6. The van der Waals surface area contributed by atoms with Crippen molar-refractivity contribution in [2.24, 2.45) is 0 Å². The van der Waals surface area contributed by atoms with Crippen molar-refractivity contribution in [3.63, 3.8) is 0 Å². The van der Waals surface area contributed by atoms with Gasteiger partial charge >= 0.3 is 5.97 Å². The maximum Gasteiger partial charge on any atom is 0.328 e. The highest BCUT2D eigenvalue weighted by atomic mass is 35.5. The fourth-order valence-corrected chi connectivity index (χ4v) is 4.35. The monoisotopic (exact) mass is 466 g/mol. The average Bonchev–Trinajstić information content (AvgIpc) is 3.25. The summed E-state index contributed by atoms with van der Waals surface area (Å²) in [6, 6.07) is 4.39. The summed E-state index contributed by atoms with van der Waals surface area (Å²) in [6.45, 7) is 0. The van der Waals surface area contributed by atoms with Gasteiger partial charge < -0.3 is 15.4 Å². The van der Waals surface area contributed by atoms with Crippen LogP contribution < -0.4 is 10.6 Å². The number of amides is 1. The third-order valence-electron chi connectivity index (χ3n) is 4.41. The minimum atomic E-state index is -0.872. The van der Waals surface area contributed by atoms with Gasteiger partial charge in [0.05, 0.1) is 27.9 Å². The molecule has 0 saturated carbocycles. The van der Waals surface area contributed by atoms with Crippen molar-refractivity contribution in [2.45, 2.75) is 24.3 Å². The molecule has 7 nitrogen and oxygen atoms in total. The largest absolute Gasteiger partial charge is 0.467 e. The number of alkyl halides is 1. The van der Waals surface area contributed by atoms with E-state index >= 15 is 0 Å². The van der Waals surface area contributed by atoms with Crippen molar-refractivity contribution < 1.29 is 14.3 Å². The molecule has 0 fully saturated rings. The number of nitrogens with zero attached hydrogens (tertiary/aromatic N) is 2. The molecule has 0 saturated heterocycles. The van der Waals surface area contributed by atoms with Gasteiger partial charge in [-0.2, -0.15) is 0 Å². The number of ether oxygens (including phenoxy) is 1. The molecule has 3 rings (SSSR count). The van der Waals surface area contributed by atoms with Crippen LogP contribution in [-0.4, -0.2) is 47.4 Å². The Morgan fingerprint density at radius 3 is 2.87 bits per heavy atom. The molecule has 158 valence electrons. The summed E-state index contributed by atoms with van der Waals surface area (Å²) < 4.78 is 4.86. The van der Waals surface area contributed by atoms with Crippen molar-refractivity contribution in [3.05, 3.63) is 52.0 Å². The van der Waals surface area contributed by atoms with Crippen LogP contribution in [0.4, 0.5) is 5.95 Å². The van der Waals surface area contributed by atoms with Crippen molar-refractivity contribution in [1.82, 2.24) is 15.3 Å². The Kier molecular flexibility index (Phi) is 7.47. The highest BCUT2D eigenvalue weighted by Gasteiger charge is 2.26. The SMILES string of the molecule is CNc1nccc(-c2ccc(C(=O)N[C@@H](CC3=C(Cl)CC(Cl)C=C3)C(=O)OC)s2)n1. The molecule has 0 spiro atoms. The van der Waals surface area contributed by atoms with Gasteiger partial charge in [-0.25, -0.2) is 14.8 Å². The van der Waals surface area contributed by atoms with Gasteiger partial charge in [-0.15, -0.1) is 22.9 Å². The Bertz CT molecular complexity index is 1010. The van der Waals surface area contributed by atoms with Crippen LogP contribution >= 0.6 is 34.5 Å². The second-order valence-electron chi connectivity index (χ2n) is 6.44. The maximum atomic E-state index is 12.8. The topological polar surface area (TPSA) is 93.2 Å². The Morgan fingerprint density at radius 2 is 2.17 bits per heavy atom. The van der Waals surface area contributed by atoms with E-state index in [1.165, 1.54) is 18.4 Å². The number of carbonyl (C=O) groups is 2. The normalized spacial score (nSPS) is 16.9. The number of aromatic nitrogens is 2. The first kappa shape index (κ1) is 22.3. The highest BCUT2D eigenvalue weighted by molar-refractivity contribution is 7.17. The van der Waals surface area contributed by atoms with Gasteiger partial charge in [-0.05, 0) is 23.8 Å². The Labute approximate surface area is 188 Å². The van der Waals surface area contributed by atoms with Crippen molar-refractivity contribution >= 4 is 52.4 Å². The van der Waals surface area contributed by atoms with Crippen LogP contribution in [0, 0.1) is 0 Å². The van der Waals surface area contributed by atoms with E-state index in [9.17, 15) is 9.59 Å². The minimum Gasteiger partial charge on any atom is -0.467 e. The number of hydrogen-bond donors (Lipinski definition) is 2. The van der Waals surface area contributed by atoms with Crippen LogP contribution in [-0.2, 0) is 9.53 Å². The average molecular weight is 467 g/mol. The first-order valence-corrected chi connectivity index (χ1v) is 10.7. The van der Waals surface area contributed by atoms with E-state index in [1.54, 1.807) is 37.5 Å². The number of esters is 1. The number of thiophene rings is 1. The van der Waals surface area contributed by atoms with Gasteiger partial charge in [0.2, 0.25) is 5.95 Å². The Morgan fingerprint density at radius 1 is 1.37 bits per heavy atom. The van der Waals surface area contributed by atoms with Crippen molar-refractivity contribution in [1.29, 1.82) is 0 Å². The molecule has 2 N–H and O–H groups in total. The summed E-state index contributed by atoms with van der Waals surface area (Å²) in [4.78, 5) is 34.7. The van der Waals surface area contributed by atoms with Crippen LogP contribution in [0.1, 0.15) is 22.5 Å². The van der Waals surface area contributed by atoms with E-state index in [2.05, 4.69) is 20.6 Å². The van der Waals surface area contributed by atoms with E-state index in [-0.39, 0.29) is 17.7 Å². The van der Waals surface area contributed by atoms with Gasteiger partial charge in [0.25, 0.3) is 5.91 Å². The lowest BCUT2D eigenvalue weighted by molar-refractivity contribution is -0.142. The quantitative estimate of drug-likeness (QED) is 0.473. The van der Waals surface area contributed by atoms with Crippen LogP contribution in [0.15, 0.2) is 47.2 Å². The third-order valence-corrected chi connectivity index (χ3v) is 6.21. The van der Waals surface area contributed by atoms with E-state index in [0.29, 0.717) is 28.0 Å². The number of anilines is 1. The molecule has 0 bridgehead atoms. The summed E-state index contributed by atoms with van der Waals surface area (Å²) in [6.07, 6.45) is 5.93. The molecule has 0 aromatic carbocycles. The second kappa shape index (κ2) is 10.1. The summed E-state index contributed by atoms with van der Waals surface area (Å²) in [5.74, 6) is -0.438. The molecule has 0 aliphatic heterocycles. The highest BCUT2D eigenvalue weighted by Crippen LogP contribution is 2.29. The van der Waals surface area contributed by atoms with Crippen molar-refractivity contribution in [3.8, 4) is 10.6 Å². The molecule has 10 heteroatoms. The van der Waals surface area contributed by atoms with E-state index < -0.39 is 12.0 Å². The minimum absolute atomic E-state index is 0.179. The van der Waals surface area contributed by atoms with Gasteiger partial charge in [-0.3, -0.25) is 4.79 Å². The van der Waals surface area contributed by atoms with Gasteiger partial charge in [0.1, 0.15) is 6.04 Å². The van der Waals surface area contributed by atoms with Gasteiger partial charge in [0, 0.05) is 31.1 Å². The molecule has 1 aliphatic carbocycles. The third kappa shape index (κ3) is 5.38. The van der Waals surface area contributed by atoms with E-state index in [0.717, 1.165) is 10.5 Å².